The molecule has 1 saturated heterocycles. The number of carbonyl (C=O) groups is 1. The predicted molar refractivity (Wildman–Crippen MR) is 116 cm³/mol. The van der Waals surface area contributed by atoms with Gasteiger partial charge in [0.1, 0.15) is 11.7 Å². The van der Waals surface area contributed by atoms with E-state index in [-0.39, 0.29) is 11.3 Å². The Bertz CT molecular complexity index is 870. The first-order valence-corrected chi connectivity index (χ1v) is 10.8. The van der Waals surface area contributed by atoms with Gasteiger partial charge in [-0.1, -0.05) is 36.9 Å². The molecule has 0 aromatic carbocycles. The molecular weight excluding hydrogens is 421 g/mol. The average molecular weight is 451 g/mol. The largest absolute Gasteiger partial charge is 0.477 e. The van der Waals surface area contributed by atoms with Gasteiger partial charge in [0.05, 0.1) is 6.61 Å². The summed E-state index contributed by atoms with van der Waals surface area (Å²) in [6.07, 6.45) is 4.87. The van der Waals surface area contributed by atoms with Crippen molar-refractivity contribution >= 4 is 5.91 Å². The number of amides is 1. The molecule has 0 bridgehead atoms. The molecule has 1 aliphatic heterocycles. The number of nitrogens with zero attached hydrogens (tertiary/aromatic N) is 1. The summed E-state index contributed by atoms with van der Waals surface area (Å²) >= 11 is 0. The Morgan fingerprint density at radius 1 is 1.28 bits per heavy atom. The number of ether oxygens (including phenoxy) is 2. The summed E-state index contributed by atoms with van der Waals surface area (Å²) in [5.41, 5.74) is 0.765. The maximum Gasteiger partial charge on any atom is 0.412 e. The Morgan fingerprint density at radius 2 is 2.00 bits per heavy atom. The van der Waals surface area contributed by atoms with Crippen LogP contribution >= 0.6 is 0 Å². The summed E-state index contributed by atoms with van der Waals surface area (Å²) in [5, 5.41) is 2.07. The first-order valence-electron chi connectivity index (χ1n) is 10.8. The van der Waals surface area contributed by atoms with Crippen LogP contribution in [0.1, 0.15) is 54.6 Å². The lowest BCUT2D eigenvalue weighted by atomic mass is 10.0. The molecule has 174 valence electrons. The zero-order valence-corrected chi connectivity index (χ0v) is 18.2. The van der Waals surface area contributed by atoms with E-state index in [1.165, 1.54) is 37.3 Å². The molecule has 1 aromatic rings. The molecule has 1 saturated carbocycles. The van der Waals surface area contributed by atoms with Crippen molar-refractivity contribution in [3.63, 3.8) is 0 Å². The highest BCUT2D eigenvalue weighted by atomic mass is 19.4. The van der Waals surface area contributed by atoms with Crippen molar-refractivity contribution in [2.45, 2.75) is 50.7 Å². The SMILES string of the molecule is C=C/C=C\C=C(/C)C(NC(=O)c1ccc(C2CC2)c(OCC2CCOCC2)n1)C(F)(F)F. The Morgan fingerprint density at radius 3 is 2.62 bits per heavy atom. The highest BCUT2D eigenvalue weighted by molar-refractivity contribution is 5.93. The highest BCUT2D eigenvalue weighted by Crippen LogP contribution is 2.43. The number of carbonyl (C=O) groups excluding carboxylic acids is 1. The van der Waals surface area contributed by atoms with Gasteiger partial charge in [0.15, 0.2) is 0 Å². The normalized spacial score (nSPS) is 19.1. The Labute approximate surface area is 186 Å². The zero-order valence-electron chi connectivity index (χ0n) is 18.2. The average Bonchev–Trinajstić information content (AvgIpc) is 3.61. The lowest BCUT2D eigenvalue weighted by molar-refractivity contribution is -0.144. The van der Waals surface area contributed by atoms with Gasteiger partial charge in [0.2, 0.25) is 5.88 Å². The molecule has 5 nitrogen and oxygen atoms in total. The van der Waals surface area contributed by atoms with E-state index < -0.39 is 18.1 Å². The fourth-order valence-corrected chi connectivity index (χ4v) is 3.55. The number of allylic oxidation sites excluding steroid dienone is 4. The van der Waals surface area contributed by atoms with E-state index >= 15 is 0 Å². The molecule has 32 heavy (non-hydrogen) atoms. The lowest BCUT2D eigenvalue weighted by Gasteiger charge is -2.23. The van der Waals surface area contributed by atoms with Crippen molar-refractivity contribution in [3.05, 3.63) is 59.8 Å². The molecule has 1 unspecified atom stereocenters. The van der Waals surface area contributed by atoms with E-state index in [1.54, 1.807) is 6.07 Å². The molecule has 1 aliphatic carbocycles. The third-order valence-electron chi connectivity index (χ3n) is 5.60. The maximum absolute atomic E-state index is 13.6. The van der Waals surface area contributed by atoms with E-state index in [9.17, 15) is 18.0 Å². The fraction of sp³-hybridized carbons (Fsp3) is 0.500. The highest BCUT2D eigenvalue weighted by Gasteiger charge is 2.42. The second-order valence-corrected chi connectivity index (χ2v) is 8.21. The summed E-state index contributed by atoms with van der Waals surface area (Å²) < 4.78 is 52.1. The minimum atomic E-state index is -4.64. The van der Waals surface area contributed by atoms with Crippen LogP contribution in [0.15, 0.2) is 48.6 Å². The zero-order chi connectivity index (χ0) is 23.1. The smallest absolute Gasteiger partial charge is 0.412 e. The van der Waals surface area contributed by atoms with Gasteiger partial charge < -0.3 is 14.8 Å². The van der Waals surface area contributed by atoms with Crippen LogP contribution in [0.5, 0.6) is 5.88 Å². The second kappa shape index (κ2) is 10.8. The summed E-state index contributed by atoms with van der Waals surface area (Å²) in [6.45, 7) is 6.62. The Kier molecular flexibility index (Phi) is 8.12. The monoisotopic (exact) mass is 450 g/mol. The third-order valence-corrected chi connectivity index (χ3v) is 5.60. The molecule has 8 heteroatoms. The van der Waals surface area contributed by atoms with Crippen LogP contribution in [0.3, 0.4) is 0 Å². The van der Waals surface area contributed by atoms with Gasteiger partial charge in [0.25, 0.3) is 5.91 Å². The van der Waals surface area contributed by atoms with Crippen LogP contribution in [0, 0.1) is 5.92 Å². The second-order valence-electron chi connectivity index (χ2n) is 8.21. The quantitative estimate of drug-likeness (QED) is 0.531. The molecule has 2 fully saturated rings. The molecule has 1 atom stereocenters. The summed E-state index contributed by atoms with van der Waals surface area (Å²) in [7, 11) is 0. The van der Waals surface area contributed by atoms with Crippen molar-refractivity contribution in [2.75, 3.05) is 19.8 Å². The van der Waals surface area contributed by atoms with Gasteiger partial charge in [-0.2, -0.15) is 13.2 Å². The summed E-state index contributed by atoms with van der Waals surface area (Å²) in [5.74, 6) is 0.109. The first kappa shape index (κ1) is 24.0. The number of alkyl halides is 3. The van der Waals surface area contributed by atoms with Crippen LogP contribution in [-0.4, -0.2) is 42.9 Å². The Hall–Kier alpha value is -2.61. The number of hydrogen-bond donors (Lipinski definition) is 1. The van der Waals surface area contributed by atoms with E-state index in [4.69, 9.17) is 9.47 Å². The van der Waals surface area contributed by atoms with E-state index in [2.05, 4.69) is 16.9 Å². The molecule has 1 aromatic heterocycles. The van der Waals surface area contributed by atoms with Crippen molar-refractivity contribution < 1.29 is 27.4 Å². The van der Waals surface area contributed by atoms with E-state index in [0.717, 1.165) is 31.2 Å². The van der Waals surface area contributed by atoms with Crippen LogP contribution in [0.25, 0.3) is 0 Å². The van der Waals surface area contributed by atoms with Crippen LogP contribution in [0.2, 0.25) is 0 Å². The van der Waals surface area contributed by atoms with Crippen molar-refractivity contribution in [1.29, 1.82) is 0 Å². The van der Waals surface area contributed by atoms with Gasteiger partial charge in [-0.15, -0.1) is 0 Å². The van der Waals surface area contributed by atoms with Crippen molar-refractivity contribution in [2.24, 2.45) is 5.92 Å². The number of rotatable bonds is 9. The van der Waals surface area contributed by atoms with E-state index in [0.29, 0.717) is 37.5 Å². The summed E-state index contributed by atoms with van der Waals surface area (Å²) in [6, 6.07) is 1.09. The number of halogens is 3. The molecule has 1 N–H and O–H groups in total. The maximum atomic E-state index is 13.6. The molecule has 0 spiro atoms. The third kappa shape index (κ3) is 6.69. The van der Waals surface area contributed by atoms with Gasteiger partial charge in [-0.25, -0.2) is 4.98 Å². The molecular formula is C24H29F3N2O3. The molecule has 0 radical (unpaired) electrons. The molecule has 1 amide bonds. The van der Waals surface area contributed by atoms with Gasteiger partial charge >= 0.3 is 6.18 Å². The van der Waals surface area contributed by atoms with Crippen molar-refractivity contribution in [1.82, 2.24) is 10.3 Å². The van der Waals surface area contributed by atoms with Crippen molar-refractivity contribution in [3.8, 4) is 5.88 Å². The van der Waals surface area contributed by atoms with Gasteiger partial charge in [0, 0.05) is 18.8 Å². The fourth-order valence-electron chi connectivity index (χ4n) is 3.55. The minimum Gasteiger partial charge on any atom is -0.477 e. The first-order chi connectivity index (χ1) is 15.3. The Balaban J connectivity index is 1.76. The molecule has 2 heterocycles. The number of nitrogens with one attached hydrogen (secondary N) is 1. The number of aromatic nitrogens is 1. The van der Waals surface area contributed by atoms with E-state index in [1.807, 2.05) is 0 Å². The van der Waals surface area contributed by atoms with Crippen LogP contribution in [0.4, 0.5) is 13.2 Å². The topological polar surface area (TPSA) is 60.5 Å². The number of pyridine rings is 1. The van der Waals surface area contributed by atoms with Crippen LogP contribution < -0.4 is 10.1 Å². The lowest BCUT2D eigenvalue weighted by Crippen LogP contribution is -2.46. The minimum absolute atomic E-state index is 0.0467. The predicted octanol–water partition coefficient (Wildman–Crippen LogP) is 5.11. The molecule has 2 aliphatic rings. The van der Waals surface area contributed by atoms with Gasteiger partial charge in [-0.05, 0) is 56.1 Å². The standard InChI is InChI=1S/C24H29F3N2O3/c1-3-4-5-6-16(2)21(24(25,26)27)29-22(30)20-10-9-19(18-7-8-18)23(28-20)32-15-17-11-13-31-14-12-17/h3-6,9-10,17-18,21H,1,7-8,11-15H2,2H3,(H,29,30)/b5-4-,16-6+. The number of hydrogen-bond acceptors (Lipinski definition) is 4. The van der Waals surface area contributed by atoms with Crippen LogP contribution in [-0.2, 0) is 4.74 Å². The molecule has 3 rings (SSSR count). The van der Waals surface area contributed by atoms with Gasteiger partial charge in [-0.3, -0.25) is 4.79 Å². The summed E-state index contributed by atoms with van der Waals surface area (Å²) in [4.78, 5) is 17.0.